The van der Waals surface area contributed by atoms with Gasteiger partial charge < -0.3 is 0 Å². The van der Waals surface area contributed by atoms with Crippen LogP contribution in [0, 0.1) is 5.41 Å². The lowest BCUT2D eigenvalue weighted by Crippen LogP contribution is -2.43. The number of benzene rings is 2. The van der Waals surface area contributed by atoms with Crippen molar-refractivity contribution in [3.05, 3.63) is 71.8 Å². The molecular weight excluding hydrogens is 414 g/mol. The Kier molecular flexibility index (Phi) is 7.68. The molecule has 0 saturated carbocycles. The SMILES string of the molecule is O=C1CC2(CCN(Cc3ccccc3)CC2)C(=O)N1.O=C1CCN(Cc2ccccc2)CC1. The number of nitrogens with zero attached hydrogens (tertiary/aromatic N) is 2. The molecule has 2 amide bonds. The predicted octanol–water partition coefficient (Wildman–Crippen LogP) is 3.17. The van der Waals surface area contributed by atoms with Crippen molar-refractivity contribution in [1.82, 2.24) is 15.1 Å². The summed E-state index contributed by atoms with van der Waals surface area (Å²) in [6.45, 7) is 5.52. The van der Waals surface area contributed by atoms with Gasteiger partial charge in [-0.05, 0) is 37.1 Å². The number of carbonyl (C=O) groups is 3. The molecule has 33 heavy (non-hydrogen) atoms. The molecule has 1 N–H and O–H groups in total. The minimum atomic E-state index is -0.412. The number of nitrogens with one attached hydrogen (secondary N) is 1. The van der Waals surface area contributed by atoms with E-state index in [0.29, 0.717) is 12.2 Å². The molecule has 2 aromatic rings. The van der Waals surface area contributed by atoms with Gasteiger partial charge in [0.25, 0.3) is 0 Å². The van der Waals surface area contributed by atoms with E-state index < -0.39 is 5.41 Å². The Morgan fingerprint density at radius 3 is 1.64 bits per heavy atom. The number of carbonyl (C=O) groups excluding carboxylic acids is 3. The average Bonchev–Trinajstić information content (AvgIpc) is 3.11. The van der Waals surface area contributed by atoms with Crippen LogP contribution in [-0.2, 0) is 27.5 Å². The normalized spacial score (nSPS) is 20.9. The Morgan fingerprint density at radius 2 is 1.18 bits per heavy atom. The van der Waals surface area contributed by atoms with Crippen molar-refractivity contribution >= 4 is 17.6 Å². The minimum Gasteiger partial charge on any atom is -0.300 e. The number of rotatable bonds is 4. The molecule has 0 atom stereocenters. The molecule has 0 aromatic heterocycles. The topological polar surface area (TPSA) is 69.7 Å². The van der Waals surface area contributed by atoms with Gasteiger partial charge in [0.15, 0.2) is 0 Å². The van der Waals surface area contributed by atoms with E-state index in [4.69, 9.17) is 0 Å². The highest BCUT2D eigenvalue weighted by atomic mass is 16.2. The van der Waals surface area contributed by atoms with Gasteiger partial charge in [0.1, 0.15) is 5.78 Å². The van der Waals surface area contributed by atoms with E-state index in [9.17, 15) is 14.4 Å². The Morgan fingerprint density at radius 1 is 0.697 bits per heavy atom. The summed E-state index contributed by atoms with van der Waals surface area (Å²) < 4.78 is 0. The van der Waals surface area contributed by atoms with Gasteiger partial charge in [0.05, 0.1) is 5.41 Å². The van der Waals surface area contributed by atoms with Crippen LogP contribution in [0.4, 0.5) is 0 Å². The largest absolute Gasteiger partial charge is 0.300 e. The zero-order valence-corrected chi connectivity index (χ0v) is 19.2. The van der Waals surface area contributed by atoms with Crippen LogP contribution in [0.2, 0.25) is 0 Å². The summed E-state index contributed by atoms with van der Waals surface area (Å²) in [5.74, 6) is 0.243. The molecule has 174 valence electrons. The molecule has 5 rings (SSSR count). The van der Waals surface area contributed by atoms with Crippen molar-refractivity contribution in [3.8, 4) is 0 Å². The molecule has 0 bridgehead atoms. The number of amides is 2. The number of Topliss-reactive ketones (excluding diaryl/α,β-unsaturated/α-hetero) is 1. The molecule has 0 radical (unpaired) electrons. The summed E-state index contributed by atoms with van der Waals surface area (Å²) in [6, 6.07) is 20.8. The highest BCUT2D eigenvalue weighted by Gasteiger charge is 2.47. The molecule has 0 unspecified atom stereocenters. The molecule has 3 saturated heterocycles. The van der Waals surface area contributed by atoms with Gasteiger partial charge in [-0.1, -0.05) is 60.7 Å². The standard InChI is InChI=1S/C15H18N2O2.C12H15NO/c18-13-10-15(14(19)16-13)6-8-17(9-7-15)11-12-4-2-1-3-5-12;14-12-6-8-13(9-7-12)10-11-4-2-1-3-5-11/h1-5H,6-11H2,(H,16,18,19);1-5H,6-10H2. The Balaban J connectivity index is 0.000000165. The van der Waals surface area contributed by atoms with E-state index in [1.165, 1.54) is 11.1 Å². The average molecular weight is 448 g/mol. The summed E-state index contributed by atoms with van der Waals surface area (Å²) in [5, 5.41) is 2.45. The van der Waals surface area contributed by atoms with Crippen molar-refractivity contribution < 1.29 is 14.4 Å². The van der Waals surface area contributed by atoms with Crippen molar-refractivity contribution in [2.45, 2.75) is 45.2 Å². The molecular formula is C27H33N3O3. The van der Waals surface area contributed by atoms with E-state index >= 15 is 0 Å². The number of ketones is 1. The van der Waals surface area contributed by atoms with Crippen molar-refractivity contribution in [2.24, 2.45) is 5.41 Å². The first kappa shape index (κ1) is 23.3. The number of imide groups is 1. The molecule has 3 heterocycles. The van der Waals surface area contributed by atoms with Gasteiger partial charge in [-0.15, -0.1) is 0 Å². The minimum absolute atomic E-state index is 0.0585. The summed E-state index contributed by atoms with van der Waals surface area (Å²) >= 11 is 0. The van der Waals surface area contributed by atoms with Crippen LogP contribution in [0.15, 0.2) is 60.7 Å². The van der Waals surface area contributed by atoms with Gasteiger partial charge in [-0.2, -0.15) is 0 Å². The highest BCUT2D eigenvalue weighted by Crippen LogP contribution is 2.38. The third-order valence-electron chi connectivity index (χ3n) is 6.96. The lowest BCUT2D eigenvalue weighted by atomic mass is 9.77. The second-order valence-corrected chi connectivity index (χ2v) is 9.40. The first-order valence-electron chi connectivity index (χ1n) is 11.9. The smallest absolute Gasteiger partial charge is 0.233 e. The molecule has 3 aliphatic rings. The van der Waals surface area contributed by atoms with Crippen molar-refractivity contribution in [1.29, 1.82) is 0 Å². The molecule has 1 spiro atoms. The molecule has 0 aliphatic carbocycles. The van der Waals surface area contributed by atoms with E-state index in [1.807, 2.05) is 24.3 Å². The van der Waals surface area contributed by atoms with Crippen LogP contribution in [0.25, 0.3) is 0 Å². The molecule has 6 nitrogen and oxygen atoms in total. The zero-order chi connectivity index (χ0) is 23.1. The van der Waals surface area contributed by atoms with E-state index in [0.717, 1.165) is 65.0 Å². The van der Waals surface area contributed by atoms with E-state index in [-0.39, 0.29) is 11.8 Å². The maximum atomic E-state index is 11.9. The quantitative estimate of drug-likeness (QED) is 0.729. The molecule has 3 aliphatic heterocycles. The first-order valence-corrected chi connectivity index (χ1v) is 11.9. The summed E-state index contributed by atoms with van der Waals surface area (Å²) in [6.07, 6.45) is 3.42. The van der Waals surface area contributed by atoms with Crippen LogP contribution < -0.4 is 5.32 Å². The van der Waals surface area contributed by atoms with E-state index in [1.54, 1.807) is 0 Å². The van der Waals surface area contributed by atoms with Crippen molar-refractivity contribution in [3.63, 3.8) is 0 Å². The summed E-state index contributed by atoms with van der Waals surface area (Å²) in [7, 11) is 0. The van der Waals surface area contributed by atoms with Gasteiger partial charge >= 0.3 is 0 Å². The number of piperidine rings is 2. The highest BCUT2D eigenvalue weighted by molar-refractivity contribution is 6.05. The number of hydrogen-bond acceptors (Lipinski definition) is 5. The zero-order valence-electron chi connectivity index (χ0n) is 19.2. The lowest BCUT2D eigenvalue weighted by Gasteiger charge is -2.36. The second kappa shape index (κ2) is 10.9. The fourth-order valence-corrected chi connectivity index (χ4v) is 4.88. The third-order valence-corrected chi connectivity index (χ3v) is 6.96. The Bertz CT molecular complexity index is 943. The van der Waals surface area contributed by atoms with Gasteiger partial charge in [0, 0.05) is 45.4 Å². The maximum Gasteiger partial charge on any atom is 0.233 e. The van der Waals surface area contributed by atoms with Crippen LogP contribution >= 0.6 is 0 Å². The van der Waals surface area contributed by atoms with Crippen LogP contribution in [0.3, 0.4) is 0 Å². The second-order valence-electron chi connectivity index (χ2n) is 9.40. The lowest BCUT2D eigenvalue weighted by molar-refractivity contribution is -0.130. The van der Waals surface area contributed by atoms with Crippen LogP contribution in [0.1, 0.15) is 43.2 Å². The number of likely N-dealkylation sites (tertiary alicyclic amines) is 2. The van der Waals surface area contributed by atoms with Crippen LogP contribution in [-0.4, -0.2) is 53.6 Å². The van der Waals surface area contributed by atoms with Gasteiger partial charge in [0.2, 0.25) is 11.8 Å². The molecule has 3 fully saturated rings. The third kappa shape index (κ3) is 6.36. The van der Waals surface area contributed by atoms with Gasteiger partial charge in [-0.3, -0.25) is 29.5 Å². The predicted molar refractivity (Wildman–Crippen MR) is 127 cm³/mol. The fraction of sp³-hybridized carbons (Fsp3) is 0.444. The summed E-state index contributed by atoms with van der Waals surface area (Å²) in [5.41, 5.74) is 2.22. The number of hydrogen-bond donors (Lipinski definition) is 1. The van der Waals surface area contributed by atoms with Crippen molar-refractivity contribution in [2.75, 3.05) is 26.2 Å². The Hall–Kier alpha value is -2.83. The maximum absolute atomic E-state index is 11.9. The molecule has 2 aromatic carbocycles. The summed E-state index contributed by atoms with van der Waals surface area (Å²) in [4.78, 5) is 39.0. The van der Waals surface area contributed by atoms with Crippen LogP contribution in [0.5, 0.6) is 0 Å². The molecule has 6 heteroatoms. The fourth-order valence-electron chi connectivity index (χ4n) is 4.88. The van der Waals surface area contributed by atoms with E-state index in [2.05, 4.69) is 51.5 Å². The van der Waals surface area contributed by atoms with Gasteiger partial charge in [-0.25, -0.2) is 0 Å². The first-order chi connectivity index (χ1) is 16.0. The Labute approximate surface area is 196 Å². The monoisotopic (exact) mass is 447 g/mol.